The molecule has 0 saturated carbocycles. The summed E-state index contributed by atoms with van der Waals surface area (Å²) in [7, 11) is 1.62. The Bertz CT molecular complexity index is 932. The number of thioether (sulfide) groups is 1. The van der Waals surface area contributed by atoms with Crippen LogP contribution in [0.3, 0.4) is 0 Å². The number of hydrogen-bond donors (Lipinski definition) is 1. The van der Waals surface area contributed by atoms with Crippen molar-refractivity contribution in [2.75, 3.05) is 12.9 Å². The lowest BCUT2D eigenvalue weighted by Crippen LogP contribution is -2.53. The van der Waals surface area contributed by atoms with Crippen LogP contribution in [0.2, 0.25) is 0 Å². The molecule has 2 aromatic carbocycles. The topological polar surface area (TPSA) is 58.6 Å². The molecule has 1 unspecified atom stereocenters. The maximum Gasteiger partial charge on any atom is 0.243 e. The molecule has 0 radical (unpaired) electrons. The second-order valence-corrected chi connectivity index (χ2v) is 10.5. The van der Waals surface area contributed by atoms with E-state index in [4.69, 9.17) is 4.74 Å². The van der Waals surface area contributed by atoms with Crippen LogP contribution in [0.1, 0.15) is 56.4 Å². The SMILES string of the molecule is CCC(C(=O)NC(C)(C)C)N(Cc1cccc(OC)c1)C(=O)CSCc1cc(C)cc(C)c1. The van der Waals surface area contributed by atoms with E-state index in [1.54, 1.807) is 23.8 Å². The summed E-state index contributed by atoms with van der Waals surface area (Å²) in [6, 6.07) is 13.6. The van der Waals surface area contributed by atoms with E-state index in [9.17, 15) is 9.59 Å². The van der Waals surface area contributed by atoms with Crippen LogP contribution in [0.25, 0.3) is 0 Å². The van der Waals surface area contributed by atoms with Crippen molar-refractivity contribution in [2.24, 2.45) is 0 Å². The van der Waals surface area contributed by atoms with E-state index in [0.29, 0.717) is 18.7 Å². The molecule has 6 heteroatoms. The van der Waals surface area contributed by atoms with Crippen molar-refractivity contribution < 1.29 is 14.3 Å². The zero-order chi connectivity index (χ0) is 24.6. The Balaban J connectivity index is 2.19. The molecule has 2 amide bonds. The third-order valence-corrected chi connectivity index (χ3v) is 6.14. The molecule has 0 aliphatic carbocycles. The minimum Gasteiger partial charge on any atom is -0.497 e. The van der Waals surface area contributed by atoms with E-state index in [1.807, 2.05) is 52.0 Å². The number of rotatable bonds is 10. The Morgan fingerprint density at radius 3 is 2.30 bits per heavy atom. The van der Waals surface area contributed by atoms with Crippen LogP contribution in [0.15, 0.2) is 42.5 Å². The predicted octanol–water partition coefficient (Wildman–Crippen LogP) is 5.27. The van der Waals surface area contributed by atoms with Crippen molar-refractivity contribution in [3.8, 4) is 5.75 Å². The average molecular weight is 471 g/mol. The fourth-order valence-corrected chi connectivity index (χ4v) is 4.68. The van der Waals surface area contributed by atoms with Gasteiger partial charge in [-0.1, -0.05) is 48.4 Å². The van der Waals surface area contributed by atoms with E-state index in [-0.39, 0.29) is 17.4 Å². The summed E-state index contributed by atoms with van der Waals surface area (Å²) in [4.78, 5) is 28.2. The molecule has 180 valence electrons. The molecule has 1 N–H and O–H groups in total. The van der Waals surface area contributed by atoms with Crippen LogP contribution < -0.4 is 10.1 Å². The second kappa shape index (κ2) is 12.1. The Morgan fingerprint density at radius 1 is 1.06 bits per heavy atom. The molecule has 0 aliphatic rings. The van der Waals surface area contributed by atoms with Gasteiger partial charge in [0.05, 0.1) is 12.9 Å². The fraction of sp³-hybridized carbons (Fsp3) is 0.481. The summed E-state index contributed by atoms with van der Waals surface area (Å²) >= 11 is 1.58. The smallest absolute Gasteiger partial charge is 0.243 e. The van der Waals surface area contributed by atoms with Gasteiger partial charge < -0.3 is 15.0 Å². The normalized spacial score (nSPS) is 12.2. The standard InChI is InChI=1S/C27H38N2O3S/c1-8-24(26(31)28-27(4,5)6)29(16-21-10-9-11-23(15-21)32-7)25(30)18-33-17-22-13-19(2)12-20(3)14-22/h9-15,24H,8,16-18H2,1-7H3,(H,28,31). The number of aryl methyl sites for hydroxylation is 2. The molecule has 0 aromatic heterocycles. The Labute approximate surface area is 203 Å². The van der Waals surface area contributed by atoms with Crippen molar-refractivity contribution in [1.29, 1.82) is 0 Å². The van der Waals surface area contributed by atoms with Gasteiger partial charge in [-0.25, -0.2) is 0 Å². The van der Waals surface area contributed by atoms with E-state index in [1.165, 1.54) is 16.7 Å². The summed E-state index contributed by atoms with van der Waals surface area (Å²) in [5.74, 6) is 1.64. The lowest BCUT2D eigenvalue weighted by Gasteiger charge is -2.33. The van der Waals surface area contributed by atoms with E-state index < -0.39 is 6.04 Å². The molecule has 2 rings (SSSR count). The second-order valence-electron chi connectivity index (χ2n) is 9.53. The zero-order valence-electron chi connectivity index (χ0n) is 21.0. The molecular weight excluding hydrogens is 432 g/mol. The molecule has 2 aromatic rings. The molecule has 1 atom stereocenters. The van der Waals surface area contributed by atoms with Gasteiger partial charge in [0, 0.05) is 17.8 Å². The zero-order valence-corrected chi connectivity index (χ0v) is 21.8. The number of ether oxygens (including phenoxy) is 1. The van der Waals surface area contributed by atoms with Gasteiger partial charge in [-0.2, -0.15) is 0 Å². The van der Waals surface area contributed by atoms with Crippen LogP contribution in [-0.4, -0.2) is 41.2 Å². The van der Waals surface area contributed by atoms with Crippen molar-refractivity contribution in [3.05, 3.63) is 64.7 Å². The van der Waals surface area contributed by atoms with Gasteiger partial charge in [0.25, 0.3) is 0 Å². The summed E-state index contributed by atoms with van der Waals surface area (Å²) in [5.41, 5.74) is 4.22. The first-order valence-electron chi connectivity index (χ1n) is 11.4. The highest BCUT2D eigenvalue weighted by Gasteiger charge is 2.30. The van der Waals surface area contributed by atoms with E-state index >= 15 is 0 Å². The Hall–Kier alpha value is -2.47. The quantitative estimate of drug-likeness (QED) is 0.514. The van der Waals surface area contributed by atoms with Gasteiger partial charge >= 0.3 is 0 Å². The third-order valence-electron chi connectivity index (χ3n) is 5.15. The summed E-state index contributed by atoms with van der Waals surface area (Å²) < 4.78 is 5.34. The van der Waals surface area contributed by atoms with Gasteiger partial charge in [-0.05, 0) is 64.3 Å². The lowest BCUT2D eigenvalue weighted by atomic mass is 10.1. The monoisotopic (exact) mass is 470 g/mol. The molecule has 0 saturated heterocycles. The van der Waals surface area contributed by atoms with Gasteiger partial charge in [-0.3, -0.25) is 9.59 Å². The molecular formula is C27H38N2O3S. The van der Waals surface area contributed by atoms with Crippen molar-refractivity contribution in [1.82, 2.24) is 10.2 Å². The highest BCUT2D eigenvalue weighted by atomic mass is 32.2. The third kappa shape index (κ3) is 8.77. The molecule has 0 spiro atoms. The number of methoxy groups -OCH3 is 1. The van der Waals surface area contributed by atoms with E-state index in [0.717, 1.165) is 17.1 Å². The highest BCUT2D eigenvalue weighted by Crippen LogP contribution is 2.21. The first-order chi connectivity index (χ1) is 15.5. The van der Waals surface area contributed by atoms with Crippen LogP contribution in [0.4, 0.5) is 0 Å². The predicted molar refractivity (Wildman–Crippen MR) is 138 cm³/mol. The van der Waals surface area contributed by atoms with Crippen LogP contribution >= 0.6 is 11.8 Å². The van der Waals surface area contributed by atoms with E-state index in [2.05, 4.69) is 37.4 Å². The van der Waals surface area contributed by atoms with Gasteiger partial charge in [0.1, 0.15) is 11.8 Å². The molecule has 0 bridgehead atoms. The van der Waals surface area contributed by atoms with Crippen LogP contribution in [0, 0.1) is 13.8 Å². The Morgan fingerprint density at radius 2 is 1.73 bits per heavy atom. The maximum absolute atomic E-state index is 13.4. The number of benzene rings is 2. The lowest BCUT2D eigenvalue weighted by molar-refractivity contribution is -0.140. The molecule has 0 fully saturated rings. The minimum absolute atomic E-state index is 0.0388. The minimum atomic E-state index is -0.537. The average Bonchev–Trinajstić information content (AvgIpc) is 2.71. The number of nitrogens with one attached hydrogen (secondary N) is 1. The van der Waals surface area contributed by atoms with Crippen molar-refractivity contribution in [2.45, 2.75) is 71.8 Å². The number of hydrogen-bond acceptors (Lipinski definition) is 4. The maximum atomic E-state index is 13.4. The number of carbonyl (C=O) groups excluding carboxylic acids is 2. The van der Waals surface area contributed by atoms with Gasteiger partial charge in [0.15, 0.2) is 0 Å². The molecule has 33 heavy (non-hydrogen) atoms. The molecule has 0 heterocycles. The summed E-state index contributed by atoms with van der Waals surface area (Å²) in [6.45, 7) is 12.3. The van der Waals surface area contributed by atoms with Crippen molar-refractivity contribution in [3.63, 3.8) is 0 Å². The molecule has 0 aliphatic heterocycles. The highest BCUT2D eigenvalue weighted by molar-refractivity contribution is 7.99. The van der Waals surface area contributed by atoms with Gasteiger partial charge in [-0.15, -0.1) is 11.8 Å². The Kier molecular flexibility index (Phi) is 9.84. The first kappa shape index (κ1) is 26.8. The number of amides is 2. The fourth-order valence-electron chi connectivity index (χ4n) is 3.83. The summed E-state index contributed by atoms with van der Waals surface area (Å²) in [5, 5.41) is 3.04. The van der Waals surface area contributed by atoms with Crippen LogP contribution in [-0.2, 0) is 21.9 Å². The largest absolute Gasteiger partial charge is 0.497 e. The van der Waals surface area contributed by atoms with Crippen molar-refractivity contribution >= 4 is 23.6 Å². The first-order valence-corrected chi connectivity index (χ1v) is 12.6. The number of carbonyl (C=O) groups is 2. The van der Waals surface area contributed by atoms with Crippen LogP contribution in [0.5, 0.6) is 5.75 Å². The molecule has 5 nitrogen and oxygen atoms in total. The van der Waals surface area contributed by atoms with Gasteiger partial charge in [0.2, 0.25) is 11.8 Å². The summed E-state index contributed by atoms with van der Waals surface area (Å²) in [6.07, 6.45) is 0.541. The number of nitrogens with zero attached hydrogens (tertiary/aromatic N) is 1.